The summed E-state index contributed by atoms with van der Waals surface area (Å²) in [7, 11) is 0. The first-order valence-electron chi connectivity index (χ1n) is 6.06. The Morgan fingerprint density at radius 2 is 2.05 bits per heavy atom. The van der Waals surface area contributed by atoms with E-state index < -0.39 is 24.3 Å². The fourth-order valence-electron chi connectivity index (χ4n) is 1.58. The molecule has 0 fully saturated rings. The standard InChI is InChI=1S/C14H10ClF3N2O2/c15-13-11(5-2-6-19-13)20-12(21)8-22-10-4-1-3-9(7-10)14(16,17)18/h1-7H,8H2,(H,20,21). The van der Waals surface area contributed by atoms with Gasteiger partial charge in [-0.05, 0) is 30.3 Å². The number of pyridine rings is 1. The number of nitrogens with zero attached hydrogens (tertiary/aromatic N) is 1. The van der Waals surface area contributed by atoms with Crippen molar-refractivity contribution < 1.29 is 22.7 Å². The quantitative estimate of drug-likeness (QED) is 0.868. The molecule has 0 radical (unpaired) electrons. The van der Waals surface area contributed by atoms with E-state index in [0.717, 1.165) is 12.1 Å². The number of alkyl halides is 3. The summed E-state index contributed by atoms with van der Waals surface area (Å²) in [6.07, 6.45) is -3.01. The van der Waals surface area contributed by atoms with Gasteiger partial charge in [0.15, 0.2) is 11.8 Å². The van der Waals surface area contributed by atoms with Gasteiger partial charge in [0, 0.05) is 6.20 Å². The Morgan fingerprint density at radius 3 is 2.73 bits per heavy atom. The van der Waals surface area contributed by atoms with E-state index in [0.29, 0.717) is 5.69 Å². The molecule has 0 aliphatic rings. The van der Waals surface area contributed by atoms with Crippen molar-refractivity contribution in [3.63, 3.8) is 0 Å². The van der Waals surface area contributed by atoms with Gasteiger partial charge in [-0.25, -0.2) is 4.98 Å². The normalized spacial score (nSPS) is 11.1. The molecule has 0 aliphatic heterocycles. The van der Waals surface area contributed by atoms with Crippen molar-refractivity contribution in [3.8, 4) is 5.75 Å². The number of nitrogens with one attached hydrogen (secondary N) is 1. The highest BCUT2D eigenvalue weighted by Gasteiger charge is 2.30. The van der Waals surface area contributed by atoms with Crippen LogP contribution < -0.4 is 10.1 Å². The zero-order valence-corrected chi connectivity index (χ0v) is 11.8. The maximum absolute atomic E-state index is 12.5. The van der Waals surface area contributed by atoms with Crippen LogP contribution in [0.3, 0.4) is 0 Å². The highest BCUT2D eigenvalue weighted by atomic mass is 35.5. The number of carbonyl (C=O) groups excluding carboxylic acids is 1. The number of ether oxygens (including phenoxy) is 1. The lowest BCUT2D eigenvalue weighted by Crippen LogP contribution is -2.20. The lowest BCUT2D eigenvalue weighted by molar-refractivity contribution is -0.137. The van der Waals surface area contributed by atoms with Crippen molar-refractivity contribution in [2.45, 2.75) is 6.18 Å². The molecule has 22 heavy (non-hydrogen) atoms. The number of hydrogen-bond acceptors (Lipinski definition) is 3. The van der Waals surface area contributed by atoms with Crippen molar-refractivity contribution in [3.05, 3.63) is 53.3 Å². The van der Waals surface area contributed by atoms with E-state index in [9.17, 15) is 18.0 Å². The van der Waals surface area contributed by atoms with Crippen molar-refractivity contribution >= 4 is 23.2 Å². The fourth-order valence-corrected chi connectivity index (χ4v) is 1.74. The molecule has 1 amide bonds. The van der Waals surface area contributed by atoms with Crippen molar-refractivity contribution in [1.29, 1.82) is 0 Å². The fraction of sp³-hybridized carbons (Fsp3) is 0.143. The number of hydrogen-bond donors (Lipinski definition) is 1. The first kappa shape index (κ1) is 16.1. The number of aromatic nitrogens is 1. The summed E-state index contributed by atoms with van der Waals surface area (Å²) in [5.74, 6) is -0.616. The van der Waals surface area contributed by atoms with Gasteiger partial charge in [-0.2, -0.15) is 13.2 Å². The number of anilines is 1. The van der Waals surface area contributed by atoms with Crippen LogP contribution >= 0.6 is 11.6 Å². The van der Waals surface area contributed by atoms with E-state index in [1.165, 1.54) is 24.4 Å². The largest absolute Gasteiger partial charge is 0.484 e. The minimum atomic E-state index is -4.47. The molecule has 1 aromatic heterocycles. The van der Waals surface area contributed by atoms with Crippen molar-refractivity contribution in [2.24, 2.45) is 0 Å². The highest BCUT2D eigenvalue weighted by molar-refractivity contribution is 6.32. The Labute approximate surface area is 128 Å². The molecular weight excluding hydrogens is 321 g/mol. The molecule has 8 heteroatoms. The summed E-state index contributed by atoms with van der Waals surface area (Å²) in [6.45, 7) is -0.452. The maximum Gasteiger partial charge on any atom is 0.416 e. The van der Waals surface area contributed by atoms with E-state index >= 15 is 0 Å². The zero-order chi connectivity index (χ0) is 16.2. The number of rotatable bonds is 4. The molecule has 0 atom stereocenters. The third-order valence-corrected chi connectivity index (χ3v) is 2.87. The molecule has 0 saturated heterocycles. The summed E-state index contributed by atoms with van der Waals surface area (Å²) >= 11 is 5.76. The van der Waals surface area contributed by atoms with E-state index in [-0.39, 0.29) is 10.9 Å². The maximum atomic E-state index is 12.5. The molecule has 0 spiro atoms. The molecule has 0 aliphatic carbocycles. The van der Waals surface area contributed by atoms with Crippen LogP contribution in [0.2, 0.25) is 5.15 Å². The minimum Gasteiger partial charge on any atom is -0.484 e. The second-order valence-corrected chi connectivity index (χ2v) is 4.56. The number of halogens is 4. The Morgan fingerprint density at radius 1 is 1.27 bits per heavy atom. The number of carbonyl (C=O) groups is 1. The SMILES string of the molecule is O=C(COc1cccc(C(F)(F)F)c1)Nc1cccnc1Cl. The first-order valence-corrected chi connectivity index (χ1v) is 6.44. The van der Waals surface area contributed by atoms with Gasteiger partial charge in [-0.15, -0.1) is 0 Å². The molecule has 1 N–H and O–H groups in total. The summed E-state index contributed by atoms with van der Waals surface area (Å²) in [6, 6.07) is 7.40. The van der Waals surface area contributed by atoms with Gasteiger partial charge in [-0.1, -0.05) is 17.7 Å². The highest BCUT2D eigenvalue weighted by Crippen LogP contribution is 2.31. The summed E-state index contributed by atoms with van der Waals surface area (Å²) in [5, 5.41) is 2.55. The van der Waals surface area contributed by atoms with Gasteiger partial charge in [0.1, 0.15) is 5.75 Å². The summed E-state index contributed by atoms with van der Waals surface area (Å²) in [5.41, 5.74) is -0.553. The van der Waals surface area contributed by atoms with Gasteiger partial charge >= 0.3 is 6.18 Å². The summed E-state index contributed by atoms with van der Waals surface area (Å²) < 4.78 is 42.7. The average molecular weight is 331 g/mol. The molecular formula is C14H10ClF3N2O2. The molecule has 2 aromatic rings. The predicted octanol–water partition coefficient (Wildman–Crippen LogP) is 3.77. The second kappa shape index (κ2) is 6.65. The Bertz CT molecular complexity index is 677. The smallest absolute Gasteiger partial charge is 0.416 e. The first-order chi connectivity index (χ1) is 10.4. The molecule has 1 heterocycles. The van der Waals surface area contributed by atoms with Crippen LogP contribution in [-0.2, 0) is 11.0 Å². The lowest BCUT2D eigenvalue weighted by Gasteiger charge is -2.10. The van der Waals surface area contributed by atoms with E-state index in [1.54, 1.807) is 6.07 Å². The second-order valence-electron chi connectivity index (χ2n) is 4.20. The van der Waals surface area contributed by atoms with Crippen LogP contribution in [0.4, 0.5) is 18.9 Å². The molecule has 2 rings (SSSR count). The average Bonchev–Trinajstić information content (AvgIpc) is 2.47. The molecule has 0 unspecified atom stereocenters. The Balaban J connectivity index is 1.96. The Hall–Kier alpha value is -2.28. The van der Waals surface area contributed by atoms with Crippen LogP contribution in [0.1, 0.15) is 5.56 Å². The molecule has 4 nitrogen and oxygen atoms in total. The minimum absolute atomic E-state index is 0.0535. The van der Waals surface area contributed by atoms with Crippen LogP contribution in [0.5, 0.6) is 5.75 Å². The van der Waals surface area contributed by atoms with E-state index in [2.05, 4.69) is 10.3 Å². The van der Waals surface area contributed by atoms with Gasteiger partial charge in [-0.3, -0.25) is 4.79 Å². The van der Waals surface area contributed by atoms with Gasteiger partial charge in [0.05, 0.1) is 11.3 Å². The van der Waals surface area contributed by atoms with Crippen molar-refractivity contribution in [2.75, 3.05) is 11.9 Å². The van der Waals surface area contributed by atoms with Gasteiger partial charge in [0.25, 0.3) is 5.91 Å². The van der Waals surface area contributed by atoms with Crippen molar-refractivity contribution in [1.82, 2.24) is 4.98 Å². The number of amides is 1. The topological polar surface area (TPSA) is 51.2 Å². The third-order valence-electron chi connectivity index (χ3n) is 2.56. The van der Waals surface area contributed by atoms with Crippen LogP contribution in [0.15, 0.2) is 42.6 Å². The van der Waals surface area contributed by atoms with E-state index in [1.807, 2.05) is 0 Å². The van der Waals surface area contributed by atoms with Gasteiger partial charge in [0.2, 0.25) is 0 Å². The van der Waals surface area contributed by atoms with Crippen LogP contribution in [0, 0.1) is 0 Å². The van der Waals surface area contributed by atoms with Gasteiger partial charge < -0.3 is 10.1 Å². The lowest BCUT2D eigenvalue weighted by atomic mass is 10.2. The van der Waals surface area contributed by atoms with E-state index in [4.69, 9.17) is 16.3 Å². The molecule has 0 saturated carbocycles. The van der Waals surface area contributed by atoms with Crippen LogP contribution in [0.25, 0.3) is 0 Å². The zero-order valence-electron chi connectivity index (χ0n) is 11.0. The molecule has 116 valence electrons. The third kappa shape index (κ3) is 4.36. The monoisotopic (exact) mass is 330 g/mol. The van der Waals surface area contributed by atoms with Crippen LogP contribution in [-0.4, -0.2) is 17.5 Å². The molecule has 1 aromatic carbocycles. The summed E-state index contributed by atoms with van der Waals surface area (Å²) in [4.78, 5) is 15.4. The molecule has 0 bridgehead atoms. The number of benzene rings is 1. The Kier molecular flexibility index (Phi) is 4.87. The predicted molar refractivity (Wildman–Crippen MR) is 74.8 cm³/mol.